The third kappa shape index (κ3) is 3.09. The summed E-state index contributed by atoms with van der Waals surface area (Å²) >= 11 is 3.29. The summed E-state index contributed by atoms with van der Waals surface area (Å²) in [6.07, 6.45) is 1.50. The van der Waals surface area contributed by atoms with E-state index in [1.54, 1.807) is 18.2 Å². The van der Waals surface area contributed by atoms with E-state index in [2.05, 4.69) is 20.7 Å². The molecule has 0 N–H and O–H groups in total. The second-order valence-electron chi connectivity index (χ2n) is 4.28. The Labute approximate surface area is 120 Å². The number of carbonyl (C=O) groups is 1. The van der Waals surface area contributed by atoms with Gasteiger partial charge in [0.05, 0.1) is 24.1 Å². The highest BCUT2D eigenvalue weighted by Gasteiger charge is 2.26. The summed E-state index contributed by atoms with van der Waals surface area (Å²) in [5.41, 5.74) is 0.821. The van der Waals surface area contributed by atoms with E-state index in [4.69, 9.17) is 0 Å². The minimum Gasteiger partial charge on any atom is -0.465 e. The lowest BCUT2D eigenvalue weighted by molar-refractivity contribution is 0.0600. The minimum atomic E-state index is -3.28. The maximum absolute atomic E-state index is 12.0. The number of rotatable bonds is 2. The molecule has 5 nitrogen and oxygen atoms in total. The predicted octanol–water partition coefficient (Wildman–Crippen LogP) is 2.17. The molecule has 0 atom stereocenters. The molecule has 0 saturated carbocycles. The highest BCUT2D eigenvalue weighted by Crippen LogP contribution is 2.28. The van der Waals surface area contributed by atoms with E-state index in [9.17, 15) is 13.2 Å². The van der Waals surface area contributed by atoms with Crippen LogP contribution in [0.4, 0.5) is 5.69 Å². The van der Waals surface area contributed by atoms with E-state index >= 15 is 0 Å². The van der Waals surface area contributed by atoms with Crippen molar-refractivity contribution in [1.82, 2.24) is 0 Å². The van der Waals surface area contributed by atoms with Crippen molar-refractivity contribution < 1.29 is 17.9 Å². The summed E-state index contributed by atoms with van der Waals surface area (Å²) in [5.74, 6) is -0.343. The van der Waals surface area contributed by atoms with Crippen molar-refractivity contribution in [3.05, 3.63) is 28.2 Å². The van der Waals surface area contributed by atoms with Gasteiger partial charge in [-0.1, -0.05) is 15.9 Å². The van der Waals surface area contributed by atoms with Gasteiger partial charge in [-0.2, -0.15) is 0 Å². The highest BCUT2D eigenvalue weighted by molar-refractivity contribution is 9.10. The number of hydrogen-bond acceptors (Lipinski definition) is 4. The Balaban J connectivity index is 2.44. The van der Waals surface area contributed by atoms with Crippen LogP contribution in [-0.4, -0.2) is 33.8 Å². The topological polar surface area (TPSA) is 63.7 Å². The molecule has 1 aromatic carbocycles. The zero-order valence-corrected chi connectivity index (χ0v) is 12.8. The third-order valence-electron chi connectivity index (χ3n) is 2.94. The number of esters is 1. The first-order valence-electron chi connectivity index (χ1n) is 5.83. The van der Waals surface area contributed by atoms with Crippen LogP contribution in [0.3, 0.4) is 0 Å². The average Bonchev–Trinajstić information content (AvgIpc) is 2.36. The van der Waals surface area contributed by atoms with Gasteiger partial charge in [0.25, 0.3) is 0 Å². The van der Waals surface area contributed by atoms with Crippen LogP contribution in [0.2, 0.25) is 0 Å². The Morgan fingerprint density at radius 2 is 2.05 bits per heavy atom. The molecule has 1 saturated heterocycles. The number of benzene rings is 1. The maximum atomic E-state index is 12.0. The van der Waals surface area contributed by atoms with E-state index in [-0.39, 0.29) is 5.75 Å². The number of nitrogens with zero attached hydrogens (tertiary/aromatic N) is 1. The van der Waals surface area contributed by atoms with Crippen LogP contribution in [-0.2, 0) is 14.8 Å². The Morgan fingerprint density at radius 3 is 2.68 bits per heavy atom. The van der Waals surface area contributed by atoms with Crippen molar-refractivity contribution in [3.8, 4) is 0 Å². The van der Waals surface area contributed by atoms with Gasteiger partial charge >= 0.3 is 5.97 Å². The number of ether oxygens (including phenoxy) is 1. The monoisotopic (exact) mass is 347 g/mol. The summed E-state index contributed by atoms with van der Waals surface area (Å²) in [6, 6.07) is 4.83. The third-order valence-corrected chi connectivity index (χ3v) is 5.27. The van der Waals surface area contributed by atoms with Crippen LogP contribution in [0, 0.1) is 0 Å². The first-order chi connectivity index (χ1) is 8.94. The summed E-state index contributed by atoms with van der Waals surface area (Å²) < 4.78 is 30.7. The van der Waals surface area contributed by atoms with Crippen molar-refractivity contribution >= 4 is 37.6 Å². The second-order valence-corrected chi connectivity index (χ2v) is 7.21. The van der Waals surface area contributed by atoms with E-state index in [1.165, 1.54) is 11.4 Å². The molecule has 104 valence electrons. The van der Waals surface area contributed by atoms with Crippen LogP contribution in [0.1, 0.15) is 23.2 Å². The Kier molecular flexibility index (Phi) is 4.15. The molecule has 0 aliphatic carbocycles. The van der Waals surface area contributed by atoms with E-state index in [0.29, 0.717) is 28.7 Å². The van der Waals surface area contributed by atoms with Gasteiger partial charge in [-0.25, -0.2) is 13.2 Å². The fourth-order valence-corrected chi connectivity index (χ4v) is 4.14. The number of carbonyl (C=O) groups excluding carboxylic acids is 1. The largest absolute Gasteiger partial charge is 0.465 e. The summed E-state index contributed by atoms with van der Waals surface area (Å²) in [5, 5.41) is 0. The predicted molar refractivity (Wildman–Crippen MR) is 75.8 cm³/mol. The lowest BCUT2D eigenvalue weighted by Gasteiger charge is -2.28. The van der Waals surface area contributed by atoms with Crippen molar-refractivity contribution in [3.63, 3.8) is 0 Å². The van der Waals surface area contributed by atoms with Gasteiger partial charge < -0.3 is 4.74 Å². The van der Waals surface area contributed by atoms with Crippen LogP contribution in [0.25, 0.3) is 0 Å². The molecule has 0 amide bonds. The quantitative estimate of drug-likeness (QED) is 0.769. The summed E-state index contributed by atoms with van der Waals surface area (Å²) in [6.45, 7) is 0.444. The van der Waals surface area contributed by atoms with Gasteiger partial charge in [-0.3, -0.25) is 4.31 Å². The number of methoxy groups -OCH3 is 1. The maximum Gasteiger partial charge on any atom is 0.337 e. The van der Waals surface area contributed by atoms with Gasteiger partial charge in [0.15, 0.2) is 0 Å². The number of anilines is 1. The molecule has 19 heavy (non-hydrogen) atoms. The van der Waals surface area contributed by atoms with Gasteiger partial charge in [0.2, 0.25) is 10.0 Å². The minimum absolute atomic E-state index is 0.146. The van der Waals surface area contributed by atoms with Crippen LogP contribution < -0.4 is 4.31 Å². The number of hydrogen-bond donors (Lipinski definition) is 0. The van der Waals surface area contributed by atoms with Crippen molar-refractivity contribution in [1.29, 1.82) is 0 Å². The van der Waals surface area contributed by atoms with Gasteiger partial charge in [-0.15, -0.1) is 0 Å². The Hall–Kier alpha value is -1.08. The molecule has 2 rings (SSSR count). The molecule has 1 aliphatic heterocycles. The lowest BCUT2D eigenvalue weighted by atomic mass is 10.2. The lowest BCUT2D eigenvalue weighted by Crippen LogP contribution is -2.37. The summed E-state index contributed by atoms with van der Waals surface area (Å²) in [7, 11) is -1.99. The van der Waals surface area contributed by atoms with Gasteiger partial charge in [0.1, 0.15) is 0 Å². The molecule has 7 heteroatoms. The molecule has 0 unspecified atom stereocenters. The molecule has 1 aliphatic rings. The van der Waals surface area contributed by atoms with E-state index < -0.39 is 16.0 Å². The Morgan fingerprint density at radius 1 is 1.32 bits per heavy atom. The zero-order valence-electron chi connectivity index (χ0n) is 10.4. The molecule has 1 aromatic rings. The molecule has 1 heterocycles. The molecule has 0 aromatic heterocycles. The molecular formula is C12H14BrNO4S. The SMILES string of the molecule is COC(=O)c1cc(Br)cc(N2CCCCS2(=O)=O)c1. The smallest absolute Gasteiger partial charge is 0.337 e. The van der Waals surface area contributed by atoms with Gasteiger partial charge in [-0.05, 0) is 31.0 Å². The van der Waals surface area contributed by atoms with Crippen molar-refractivity contribution in [2.75, 3.05) is 23.7 Å². The van der Waals surface area contributed by atoms with E-state index in [1.807, 2.05) is 0 Å². The second kappa shape index (κ2) is 5.50. The summed E-state index contributed by atoms with van der Waals surface area (Å²) in [4.78, 5) is 11.6. The molecule has 0 bridgehead atoms. The molecular weight excluding hydrogens is 334 g/mol. The highest BCUT2D eigenvalue weighted by atomic mass is 79.9. The fraction of sp³-hybridized carbons (Fsp3) is 0.417. The van der Waals surface area contributed by atoms with Gasteiger partial charge in [0, 0.05) is 11.0 Å². The first kappa shape index (κ1) is 14.3. The van der Waals surface area contributed by atoms with Crippen LogP contribution in [0.5, 0.6) is 0 Å². The first-order valence-corrected chi connectivity index (χ1v) is 8.23. The van der Waals surface area contributed by atoms with Crippen molar-refractivity contribution in [2.24, 2.45) is 0 Å². The van der Waals surface area contributed by atoms with Crippen molar-refractivity contribution in [2.45, 2.75) is 12.8 Å². The van der Waals surface area contributed by atoms with Crippen LogP contribution in [0.15, 0.2) is 22.7 Å². The van der Waals surface area contributed by atoms with Crippen LogP contribution >= 0.6 is 15.9 Å². The normalized spacial score (nSPS) is 18.1. The zero-order chi connectivity index (χ0) is 14.0. The molecule has 0 radical (unpaired) electrons. The molecule has 0 spiro atoms. The Bertz CT molecular complexity index is 600. The number of sulfonamides is 1. The fourth-order valence-electron chi connectivity index (χ4n) is 2.03. The standard InChI is InChI=1S/C12H14BrNO4S/c1-18-12(15)9-6-10(13)8-11(7-9)14-4-2-3-5-19(14,16)17/h6-8H,2-5H2,1H3. The van der Waals surface area contributed by atoms with E-state index in [0.717, 1.165) is 6.42 Å². The average molecular weight is 348 g/mol. The number of halogens is 1. The molecule has 1 fully saturated rings.